The van der Waals surface area contributed by atoms with E-state index in [2.05, 4.69) is 26.6 Å². The number of nitrogens with two attached hydrogens (primary N) is 1. The maximum atomic E-state index is 13.6. The summed E-state index contributed by atoms with van der Waals surface area (Å²) in [5.41, 5.74) is 3.76. The molecule has 5 amide bonds. The summed E-state index contributed by atoms with van der Waals surface area (Å²) in [5, 5.41) is 22.5. The number of carbonyl (C=O) groups excluding carboxylic acids is 5. The van der Waals surface area contributed by atoms with Crippen LogP contribution in [-0.2, 0) is 33.4 Å². The molecule has 0 saturated heterocycles. The molecule has 0 bridgehead atoms. The Labute approximate surface area is 284 Å². The van der Waals surface area contributed by atoms with Crippen LogP contribution >= 0.6 is 0 Å². The van der Waals surface area contributed by atoms with Crippen LogP contribution in [0, 0.1) is 5.92 Å². The Balaban J connectivity index is 6.16. The third-order valence-corrected chi connectivity index (χ3v) is 6.10. The van der Waals surface area contributed by atoms with Crippen LogP contribution in [-0.4, -0.2) is 101 Å². The number of carboxylic acids is 1. The Morgan fingerprint density at radius 2 is 1.04 bits per heavy atom. The van der Waals surface area contributed by atoms with Crippen LogP contribution in [0.5, 0.6) is 0 Å². The number of aliphatic carboxylic acids is 1. The van der Waals surface area contributed by atoms with Crippen LogP contribution in [0.25, 0.3) is 0 Å². The van der Waals surface area contributed by atoms with E-state index in [1.807, 2.05) is 13.8 Å². The number of hydrogen-bond donors (Lipinski definition) is 7. The molecule has 0 aromatic carbocycles. The minimum absolute atomic E-state index is 0.0873. The van der Waals surface area contributed by atoms with Gasteiger partial charge in [-0.1, -0.05) is 13.8 Å². The highest BCUT2D eigenvalue weighted by Crippen LogP contribution is 2.14. The van der Waals surface area contributed by atoms with Crippen LogP contribution in [0.2, 0.25) is 0 Å². The second-order valence-electron chi connectivity index (χ2n) is 15.1. The van der Waals surface area contributed by atoms with Crippen molar-refractivity contribution >= 4 is 35.9 Å². The zero-order valence-electron chi connectivity index (χ0n) is 30.7. The summed E-state index contributed by atoms with van der Waals surface area (Å²) in [5.74, 6) is -3.58. The van der Waals surface area contributed by atoms with Gasteiger partial charge in [-0.3, -0.25) is 14.4 Å². The van der Waals surface area contributed by atoms with Gasteiger partial charge in [0.05, 0.1) is 17.7 Å². The molecule has 0 aliphatic rings. The Kier molecular flexibility index (Phi) is 17.9. The Bertz CT molecular complexity index is 1090. The van der Waals surface area contributed by atoms with E-state index < -0.39 is 83.0 Å². The number of carboxylic acid groups (broad SMARTS) is 1. The lowest BCUT2D eigenvalue weighted by Gasteiger charge is -2.30. The minimum atomic E-state index is -1.49. The zero-order chi connectivity index (χ0) is 37.6. The number of rotatable bonds is 17. The fourth-order valence-corrected chi connectivity index (χ4v) is 4.23. The summed E-state index contributed by atoms with van der Waals surface area (Å²) >= 11 is 0. The first-order chi connectivity index (χ1) is 21.7. The Morgan fingerprint density at radius 1 is 0.646 bits per heavy atom. The lowest BCUT2D eigenvalue weighted by Crippen LogP contribution is -2.59. The molecule has 0 spiro atoms. The van der Waals surface area contributed by atoms with Crippen molar-refractivity contribution in [3.05, 3.63) is 0 Å². The summed E-state index contributed by atoms with van der Waals surface area (Å²) in [6, 6.07) is -5.06. The molecule has 0 aromatic heterocycles. The van der Waals surface area contributed by atoms with Crippen molar-refractivity contribution in [2.75, 3.05) is 13.1 Å². The van der Waals surface area contributed by atoms with Gasteiger partial charge >= 0.3 is 18.2 Å². The van der Waals surface area contributed by atoms with Gasteiger partial charge in [0.15, 0.2) is 6.04 Å². The molecular formula is C32H60N6O10. The number of hydrogen-bond acceptors (Lipinski definition) is 10. The Hall–Kier alpha value is -3.66. The number of alkyl carbamates (subject to hydrolysis) is 2. The third-order valence-electron chi connectivity index (χ3n) is 6.10. The second kappa shape index (κ2) is 19.4. The summed E-state index contributed by atoms with van der Waals surface area (Å²) in [6.07, 6.45) is -2.41. The van der Waals surface area contributed by atoms with Gasteiger partial charge < -0.3 is 51.6 Å². The average molecular weight is 689 g/mol. The van der Waals surface area contributed by atoms with E-state index in [4.69, 9.17) is 19.9 Å². The highest BCUT2D eigenvalue weighted by Gasteiger charge is 2.34. The minimum Gasteiger partial charge on any atom is -0.480 e. The summed E-state index contributed by atoms with van der Waals surface area (Å²) in [6.45, 7) is 20.3. The first kappa shape index (κ1) is 44.3. The molecule has 16 nitrogen and oxygen atoms in total. The molecule has 0 aliphatic heterocycles. The maximum Gasteiger partial charge on any atom is 0.407 e. The fraction of sp³-hybridized carbons (Fsp3) is 0.812. The second-order valence-corrected chi connectivity index (χ2v) is 15.1. The molecule has 0 rings (SSSR count). The summed E-state index contributed by atoms with van der Waals surface area (Å²) in [4.78, 5) is 76.6. The Morgan fingerprint density at radius 3 is 1.40 bits per heavy atom. The van der Waals surface area contributed by atoms with Gasteiger partial charge in [0.1, 0.15) is 23.3 Å². The standard InChI is InChI=1S/C32H60N6O10/c1-18(2)17-20(33)24(39)36-21(13-15-34-28(44)47-31(7,8)9)25(40)37-22(14-16-35-29(45)48-32(10,11)12)26(41)38-23(27(42)43)19(3)46-30(4,5)6/h18-23H,13-17,33H2,1-12H3,(H,34,44)(H,35,45)(H,36,39)(H,37,40)(H,38,41)(H,42,43)/t19-,20+,21+,22+,23+/m1/s1. The van der Waals surface area contributed by atoms with Crippen LogP contribution < -0.4 is 32.3 Å². The van der Waals surface area contributed by atoms with E-state index in [9.17, 15) is 33.9 Å². The van der Waals surface area contributed by atoms with E-state index in [0.29, 0.717) is 6.42 Å². The monoisotopic (exact) mass is 688 g/mol. The van der Waals surface area contributed by atoms with Crippen LogP contribution in [0.1, 0.15) is 102 Å². The number of amides is 5. The largest absolute Gasteiger partial charge is 0.480 e. The molecule has 0 aliphatic carbocycles. The van der Waals surface area contributed by atoms with Gasteiger partial charge in [-0.05, 0) is 94.4 Å². The zero-order valence-corrected chi connectivity index (χ0v) is 30.7. The van der Waals surface area contributed by atoms with Gasteiger partial charge in [-0.15, -0.1) is 0 Å². The molecule has 0 aromatic rings. The van der Waals surface area contributed by atoms with Gasteiger partial charge in [0.25, 0.3) is 0 Å². The van der Waals surface area contributed by atoms with Crippen LogP contribution in [0.4, 0.5) is 9.59 Å². The molecule has 48 heavy (non-hydrogen) atoms. The molecule has 0 radical (unpaired) electrons. The van der Waals surface area contributed by atoms with Gasteiger partial charge in [-0.25, -0.2) is 14.4 Å². The molecule has 0 fully saturated rings. The van der Waals surface area contributed by atoms with Crippen molar-refractivity contribution in [1.29, 1.82) is 0 Å². The van der Waals surface area contributed by atoms with E-state index in [1.165, 1.54) is 6.92 Å². The normalized spacial score (nSPS) is 15.2. The first-order valence-electron chi connectivity index (χ1n) is 16.2. The topological polar surface area (TPSA) is 237 Å². The highest BCUT2D eigenvalue weighted by molar-refractivity contribution is 5.94. The molecule has 8 N–H and O–H groups in total. The maximum absolute atomic E-state index is 13.6. The van der Waals surface area contributed by atoms with Crippen LogP contribution in [0.15, 0.2) is 0 Å². The van der Waals surface area contributed by atoms with E-state index in [0.717, 1.165) is 0 Å². The number of ether oxygens (including phenoxy) is 3. The first-order valence-corrected chi connectivity index (χ1v) is 16.2. The van der Waals surface area contributed by atoms with E-state index in [-0.39, 0.29) is 31.8 Å². The van der Waals surface area contributed by atoms with Crippen molar-refractivity contribution in [3.8, 4) is 0 Å². The van der Waals surface area contributed by atoms with Gasteiger partial charge in [-0.2, -0.15) is 0 Å². The van der Waals surface area contributed by atoms with Gasteiger partial charge in [0, 0.05) is 13.1 Å². The van der Waals surface area contributed by atoms with E-state index >= 15 is 0 Å². The molecule has 278 valence electrons. The van der Waals surface area contributed by atoms with Crippen LogP contribution in [0.3, 0.4) is 0 Å². The van der Waals surface area contributed by atoms with Crippen molar-refractivity contribution < 1.29 is 48.1 Å². The highest BCUT2D eigenvalue weighted by atomic mass is 16.6. The van der Waals surface area contributed by atoms with Crippen molar-refractivity contribution in [2.45, 2.75) is 149 Å². The average Bonchev–Trinajstić information content (AvgIpc) is 2.86. The SMILES string of the molecule is CC(C)C[C@H](N)C(=O)N[C@@H](CCNC(=O)OC(C)(C)C)C(=O)N[C@@H](CCNC(=O)OC(C)(C)C)C(=O)N[C@H](C(=O)O)[C@@H](C)OC(C)(C)C. The fourth-order valence-electron chi connectivity index (χ4n) is 4.23. The van der Waals surface area contributed by atoms with Crippen molar-refractivity contribution in [1.82, 2.24) is 26.6 Å². The summed E-state index contributed by atoms with van der Waals surface area (Å²) < 4.78 is 16.2. The van der Waals surface area contributed by atoms with Gasteiger partial charge in [0.2, 0.25) is 17.7 Å². The smallest absolute Gasteiger partial charge is 0.407 e. The van der Waals surface area contributed by atoms with Crippen molar-refractivity contribution in [2.24, 2.45) is 11.7 Å². The molecule has 0 saturated carbocycles. The number of nitrogens with one attached hydrogen (secondary N) is 5. The number of carbonyl (C=O) groups is 6. The molecular weight excluding hydrogens is 628 g/mol. The molecule has 0 unspecified atom stereocenters. The lowest BCUT2D eigenvalue weighted by molar-refractivity contribution is -0.150. The molecule has 5 atom stereocenters. The predicted octanol–water partition coefficient (Wildman–Crippen LogP) is 1.93. The quantitative estimate of drug-likeness (QED) is 0.117. The lowest BCUT2D eigenvalue weighted by atomic mass is 10.0. The molecule has 16 heteroatoms. The third kappa shape index (κ3) is 20.5. The summed E-state index contributed by atoms with van der Waals surface area (Å²) in [7, 11) is 0. The van der Waals surface area contributed by atoms with E-state index in [1.54, 1.807) is 62.3 Å². The van der Waals surface area contributed by atoms with Crippen molar-refractivity contribution in [3.63, 3.8) is 0 Å². The molecule has 0 heterocycles. The predicted molar refractivity (Wildman–Crippen MR) is 179 cm³/mol.